The molecule has 7 nitrogen and oxygen atoms in total. The van der Waals surface area contributed by atoms with Crippen LogP contribution in [0.25, 0.3) is 16.9 Å². The molecule has 1 aromatic carbocycles. The lowest BCUT2D eigenvalue weighted by molar-refractivity contribution is -0.130. The molecular formula is C25H28FN5O2. The second kappa shape index (κ2) is 9.44. The molecule has 172 valence electrons. The predicted octanol–water partition coefficient (Wildman–Crippen LogP) is 4.18. The number of aromatic nitrogens is 3. The van der Waals surface area contributed by atoms with Crippen LogP contribution in [0.1, 0.15) is 25.5 Å². The van der Waals surface area contributed by atoms with Crippen LogP contribution in [0.4, 0.5) is 4.39 Å². The first-order valence-electron chi connectivity index (χ1n) is 10.9. The van der Waals surface area contributed by atoms with Crippen LogP contribution in [0, 0.1) is 11.7 Å². The van der Waals surface area contributed by atoms with Crippen LogP contribution in [0.3, 0.4) is 0 Å². The highest BCUT2D eigenvalue weighted by Crippen LogP contribution is 2.33. The van der Waals surface area contributed by atoms with Crippen LogP contribution in [0.15, 0.2) is 66.1 Å². The summed E-state index contributed by atoms with van der Waals surface area (Å²) in [7, 11) is 3.41. The molecule has 1 saturated heterocycles. The van der Waals surface area contributed by atoms with Gasteiger partial charge in [-0.3, -0.25) is 14.5 Å². The fourth-order valence-corrected chi connectivity index (χ4v) is 4.32. The Morgan fingerprint density at radius 3 is 2.45 bits per heavy atom. The van der Waals surface area contributed by atoms with Gasteiger partial charge in [-0.2, -0.15) is 0 Å². The largest absolute Gasteiger partial charge is 0.479 e. The average Bonchev–Trinajstić information content (AvgIpc) is 2.83. The zero-order valence-electron chi connectivity index (χ0n) is 19.2. The standard InChI is InChI=1S/C25H28FN5O2/c1-17(19-11-15-30(16-12-19)18(2)32)28-25(33-4)24-23(20-9-13-27-14-10-20)31(29(24)3)22-8-6-5-7-21(22)26/h5-10,13-14,19H,1,11-12,15-16H2,2-4H3/b28-25-. The lowest BCUT2D eigenvalue weighted by Crippen LogP contribution is -2.37. The molecule has 0 N–H and O–H groups in total. The van der Waals surface area contributed by atoms with Gasteiger partial charge in [-0.25, -0.2) is 14.1 Å². The molecule has 8 heteroatoms. The average molecular weight is 450 g/mol. The number of ether oxygens (including phenoxy) is 1. The van der Waals surface area contributed by atoms with Gasteiger partial charge in [-0.1, -0.05) is 18.7 Å². The third kappa shape index (κ3) is 4.33. The number of allylic oxidation sites excluding steroid dienone is 1. The predicted molar refractivity (Wildman–Crippen MR) is 126 cm³/mol. The first-order valence-corrected chi connectivity index (χ1v) is 10.9. The summed E-state index contributed by atoms with van der Waals surface area (Å²) in [4.78, 5) is 22.3. The van der Waals surface area contributed by atoms with E-state index in [4.69, 9.17) is 9.73 Å². The normalized spacial score (nSPS) is 15.0. The highest BCUT2D eigenvalue weighted by atomic mass is 19.1. The minimum absolute atomic E-state index is 0.0941. The minimum Gasteiger partial charge on any atom is -0.479 e. The van der Waals surface area contributed by atoms with Gasteiger partial charge in [0.15, 0.2) is 0 Å². The highest BCUT2D eigenvalue weighted by molar-refractivity contribution is 6.00. The van der Waals surface area contributed by atoms with Gasteiger partial charge in [0.2, 0.25) is 11.8 Å². The summed E-state index contributed by atoms with van der Waals surface area (Å²) in [6, 6.07) is 10.4. The number of carbonyl (C=O) groups is 1. The van der Waals surface area contributed by atoms with Crippen molar-refractivity contribution in [2.45, 2.75) is 19.8 Å². The van der Waals surface area contributed by atoms with Crippen molar-refractivity contribution in [3.8, 4) is 16.9 Å². The Labute approximate surface area is 192 Å². The van der Waals surface area contributed by atoms with Crippen LogP contribution < -0.4 is 0 Å². The van der Waals surface area contributed by atoms with Gasteiger partial charge in [0.05, 0.1) is 12.8 Å². The summed E-state index contributed by atoms with van der Waals surface area (Å²) in [5.41, 5.74) is 3.52. The number of hydrogen-bond donors (Lipinski definition) is 0. The lowest BCUT2D eigenvalue weighted by atomic mass is 9.94. The number of aliphatic imine (C=N–C) groups is 1. The number of methoxy groups -OCH3 is 1. The number of piperidine rings is 1. The van der Waals surface area contributed by atoms with Crippen LogP contribution in [0.2, 0.25) is 0 Å². The van der Waals surface area contributed by atoms with E-state index in [9.17, 15) is 9.18 Å². The number of carbonyl (C=O) groups excluding carboxylic acids is 1. The molecular weight excluding hydrogens is 421 g/mol. The van der Waals surface area contributed by atoms with E-state index in [1.807, 2.05) is 28.8 Å². The summed E-state index contributed by atoms with van der Waals surface area (Å²) < 4.78 is 24.0. The molecule has 2 aromatic heterocycles. The lowest BCUT2D eigenvalue weighted by Gasteiger charge is -2.32. The molecule has 1 aliphatic heterocycles. The van der Waals surface area contributed by atoms with Gasteiger partial charge in [-0.05, 0) is 37.1 Å². The maximum Gasteiger partial charge on any atom is 0.241 e. The molecule has 0 spiro atoms. The van der Waals surface area contributed by atoms with E-state index in [1.165, 1.54) is 6.07 Å². The van der Waals surface area contributed by atoms with Crippen molar-refractivity contribution in [2.75, 3.05) is 20.2 Å². The second-order valence-electron chi connectivity index (χ2n) is 8.11. The van der Waals surface area contributed by atoms with E-state index in [0.717, 1.165) is 35.5 Å². The van der Waals surface area contributed by atoms with Crippen LogP contribution >= 0.6 is 0 Å². The van der Waals surface area contributed by atoms with E-state index >= 15 is 0 Å². The topological polar surface area (TPSA) is 64.7 Å². The summed E-state index contributed by atoms with van der Waals surface area (Å²) in [6.07, 6.45) is 5.02. The Morgan fingerprint density at radius 2 is 1.85 bits per heavy atom. The van der Waals surface area contributed by atoms with Crippen molar-refractivity contribution in [1.29, 1.82) is 0 Å². The SMILES string of the molecule is C=C(/N=C(\OC)c1c(-c2ccncc2)n(-c2ccccc2F)n1C)C1CCN(C(C)=O)CC1. The number of para-hydroxylation sites is 1. The molecule has 0 aliphatic carbocycles. The number of nitrogens with zero attached hydrogens (tertiary/aromatic N) is 5. The summed E-state index contributed by atoms with van der Waals surface area (Å²) in [6.45, 7) is 7.18. The Balaban J connectivity index is 1.72. The van der Waals surface area contributed by atoms with Crippen molar-refractivity contribution in [2.24, 2.45) is 18.0 Å². The van der Waals surface area contributed by atoms with Crippen LogP contribution in [-0.2, 0) is 16.6 Å². The number of benzene rings is 1. The number of hydrogen-bond acceptors (Lipinski definition) is 4. The van der Waals surface area contributed by atoms with E-state index in [2.05, 4.69) is 11.6 Å². The van der Waals surface area contributed by atoms with E-state index in [0.29, 0.717) is 24.7 Å². The number of likely N-dealkylation sites (tertiary alicyclic amines) is 1. The van der Waals surface area contributed by atoms with Gasteiger partial charge < -0.3 is 9.64 Å². The van der Waals surface area contributed by atoms with Gasteiger partial charge in [0.1, 0.15) is 17.2 Å². The quantitative estimate of drug-likeness (QED) is 0.434. The number of amides is 1. The third-order valence-electron chi connectivity index (χ3n) is 6.15. The van der Waals surface area contributed by atoms with Gasteiger partial charge in [0, 0.05) is 56.6 Å². The molecule has 0 bridgehead atoms. The Kier molecular flexibility index (Phi) is 6.44. The van der Waals surface area contributed by atoms with Gasteiger partial charge in [0.25, 0.3) is 0 Å². The monoisotopic (exact) mass is 449 g/mol. The van der Waals surface area contributed by atoms with Crippen LogP contribution in [0.5, 0.6) is 0 Å². The third-order valence-corrected chi connectivity index (χ3v) is 6.15. The van der Waals surface area contributed by atoms with Gasteiger partial charge >= 0.3 is 0 Å². The van der Waals surface area contributed by atoms with Crippen molar-refractivity contribution in [3.05, 3.63) is 72.6 Å². The maximum absolute atomic E-state index is 14.7. The fraction of sp³-hybridized carbons (Fsp3) is 0.320. The Hall–Kier alpha value is -3.68. The molecule has 0 unspecified atom stereocenters. The molecule has 4 rings (SSSR count). The smallest absolute Gasteiger partial charge is 0.241 e. The molecule has 0 radical (unpaired) electrons. The number of rotatable bonds is 5. The summed E-state index contributed by atoms with van der Waals surface area (Å²) in [5.74, 6) is 0.351. The Morgan fingerprint density at radius 1 is 1.18 bits per heavy atom. The van der Waals surface area contributed by atoms with Crippen molar-refractivity contribution in [1.82, 2.24) is 19.2 Å². The van der Waals surface area contributed by atoms with Crippen LogP contribution in [-0.4, -0.2) is 51.3 Å². The molecule has 1 aliphatic rings. The molecule has 0 saturated carbocycles. The van der Waals surface area contributed by atoms with Crippen molar-refractivity contribution >= 4 is 11.8 Å². The highest BCUT2D eigenvalue weighted by Gasteiger charge is 2.29. The van der Waals surface area contributed by atoms with Gasteiger partial charge in [-0.15, -0.1) is 0 Å². The number of pyridine rings is 1. The molecule has 3 aromatic rings. The van der Waals surface area contributed by atoms with E-state index < -0.39 is 0 Å². The zero-order chi connectivity index (χ0) is 23.5. The first-order chi connectivity index (χ1) is 15.9. The maximum atomic E-state index is 14.7. The second-order valence-corrected chi connectivity index (χ2v) is 8.11. The minimum atomic E-state index is -0.326. The number of halogens is 1. The molecule has 3 heterocycles. The molecule has 1 amide bonds. The molecule has 1 fully saturated rings. The summed E-state index contributed by atoms with van der Waals surface area (Å²) >= 11 is 0. The van der Waals surface area contributed by atoms with Crippen molar-refractivity contribution < 1.29 is 13.9 Å². The fourth-order valence-electron chi connectivity index (χ4n) is 4.32. The van der Waals surface area contributed by atoms with Crippen molar-refractivity contribution in [3.63, 3.8) is 0 Å². The molecule has 33 heavy (non-hydrogen) atoms. The summed E-state index contributed by atoms with van der Waals surface area (Å²) in [5, 5.41) is 0. The van der Waals surface area contributed by atoms with E-state index in [1.54, 1.807) is 49.3 Å². The van der Waals surface area contributed by atoms with E-state index in [-0.39, 0.29) is 17.6 Å². The first kappa shape index (κ1) is 22.5. The molecule has 0 atom stereocenters. The zero-order valence-corrected chi connectivity index (χ0v) is 19.2. The Bertz CT molecular complexity index is 1190.